The topological polar surface area (TPSA) is 169 Å². The van der Waals surface area contributed by atoms with Crippen LogP contribution in [0.1, 0.15) is 13.8 Å². The van der Waals surface area contributed by atoms with Crippen molar-refractivity contribution in [3.63, 3.8) is 0 Å². The van der Waals surface area contributed by atoms with Gasteiger partial charge in [-0.3, -0.25) is 9.11 Å². The highest BCUT2D eigenvalue weighted by Gasteiger charge is 2.27. The van der Waals surface area contributed by atoms with Crippen molar-refractivity contribution in [1.29, 1.82) is 5.26 Å². The predicted octanol–water partition coefficient (Wildman–Crippen LogP) is 2.70. The van der Waals surface area contributed by atoms with Crippen molar-refractivity contribution in [3.05, 3.63) is 71.1 Å². The molecule has 0 amide bonds. The van der Waals surface area contributed by atoms with E-state index in [1.807, 2.05) is 0 Å². The minimum absolute atomic E-state index is 0.0367. The van der Waals surface area contributed by atoms with E-state index >= 15 is 0 Å². The minimum atomic E-state index is -4.53. The highest BCUT2D eigenvalue weighted by molar-refractivity contribution is 7.86. The van der Waals surface area contributed by atoms with Crippen LogP contribution in [0.3, 0.4) is 0 Å². The van der Waals surface area contributed by atoms with E-state index in [1.165, 1.54) is 36.4 Å². The first-order chi connectivity index (χ1) is 14.9. The average molecular weight is 477 g/mol. The summed E-state index contributed by atoms with van der Waals surface area (Å²) in [5.74, 6) is 0.147. The Morgan fingerprint density at radius 2 is 1.41 bits per heavy atom. The first-order valence-electron chi connectivity index (χ1n) is 9.18. The van der Waals surface area contributed by atoms with Crippen LogP contribution in [-0.4, -0.2) is 32.1 Å². The molecule has 32 heavy (non-hydrogen) atoms. The molecule has 1 atom stereocenters. The summed E-state index contributed by atoms with van der Waals surface area (Å²) in [6.07, 6.45) is -0.713. The van der Waals surface area contributed by atoms with Gasteiger partial charge in [0.15, 0.2) is 0 Å². The van der Waals surface area contributed by atoms with Gasteiger partial charge in [-0.25, -0.2) is 0 Å². The Kier molecular flexibility index (Phi) is 6.29. The number of anilines is 2. The average Bonchev–Trinajstić information content (AvgIpc) is 2.71. The van der Waals surface area contributed by atoms with Crippen molar-refractivity contribution in [1.82, 2.24) is 5.32 Å². The summed E-state index contributed by atoms with van der Waals surface area (Å²) < 4.78 is 65.9. The third-order valence-corrected chi connectivity index (χ3v) is 6.76. The molecular formula is C20H20N4O6S2. The molecule has 1 heterocycles. The van der Waals surface area contributed by atoms with E-state index in [0.29, 0.717) is 11.1 Å². The summed E-state index contributed by atoms with van der Waals surface area (Å²) in [6, 6.07) is 13.4. The van der Waals surface area contributed by atoms with Gasteiger partial charge in [0, 0.05) is 0 Å². The molecule has 0 spiro atoms. The van der Waals surface area contributed by atoms with Crippen LogP contribution >= 0.6 is 0 Å². The van der Waals surface area contributed by atoms with Crippen molar-refractivity contribution in [2.75, 3.05) is 10.6 Å². The molecule has 0 bridgehead atoms. The van der Waals surface area contributed by atoms with Crippen LogP contribution in [0.25, 0.3) is 0 Å². The number of nitriles is 1. The predicted molar refractivity (Wildman–Crippen MR) is 118 cm³/mol. The largest absolute Gasteiger partial charge is 0.361 e. The Balaban J connectivity index is 2.02. The zero-order valence-electron chi connectivity index (χ0n) is 17.0. The van der Waals surface area contributed by atoms with Gasteiger partial charge in [0.25, 0.3) is 20.2 Å². The Morgan fingerprint density at radius 3 is 1.94 bits per heavy atom. The Bertz CT molecular complexity index is 1390. The van der Waals surface area contributed by atoms with Crippen LogP contribution in [0.5, 0.6) is 0 Å². The number of nitrogens with one attached hydrogen (secondary N) is 3. The van der Waals surface area contributed by atoms with Crippen molar-refractivity contribution >= 4 is 31.6 Å². The first kappa shape index (κ1) is 23.3. The highest BCUT2D eigenvalue weighted by atomic mass is 32.2. The smallest absolute Gasteiger partial charge is 0.296 e. The van der Waals surface area contributed by atoms with Gasteiger partial charge in [-0.05, 0) is 49.3 Å². The van der Waals surface area contributed by atoms with E-state index < -0.39 is 26.4 Å². The maximum Gasteiger partial charge on any atom is 0.296 e. The van der Waals surface area contributed by atoms with Gasteiger partial charge >= 0.3 is 0 Å². The lowest BCUT2D eigenvalue weighted by atomic mass is 9.97. The second kappa shape index (κ2) is 8.64. The third kappa shape index (κ3) is 4.76. The molecule has 1 aliphatic heterocycles. The van der Waals surface area contributed by atoms with Crippen molar-refractivity contribution < 1.29 is 25.9 Å². The molecule has 0 radical (unpaired) electrons. The second-order valence-corrected chi connectivity index (χ2v) is 9.74. The van der Waals surface area contributed by atoms with E-state index in [0.717, 1.165) is 0 Å². The number of nitrogens with zero attached hydrogens (tertiary/aromatic N) is 1. The lowest BCUT2D eigenvalue weighted by Crippen LogP contribution is -2.43. The van der Waals surface area contributed by atoms with Crippen molar-refractivity contribution in [3.8, 4) is 6.07 Å². The van der Waals surface area contributed by atoms with Gasteiger partial charge in [0.2, 0.25) is 0 Å². The van der Waals surface area contributed by atoms with Crippen molar-refractivity contribution in [2.24, 2.45) is 0 Å². The number of allylic oxidation sites excluding steroid dienone is 2. The number of rotatable bonds is 6. The molecule has 0 saturated heterocycles. The van der Waals surface area contributed by atoms with E-state index in [1.54, 1.807) is 26.0 Å². The molecule has 3 rings (SSSR count). The summed E-state index contributed by atoms with van der Waals surface area (Å²) >= 11 is 0. The standard InChI is InChI=1S/C20H20N4O6S2/c1-12-13(2)19(22-15-7-3-5-9-17(15)31(25,26)27)24-20(14(12)11-21)23-16-8-4-6-10-18(16)32(28,29)30/h3-10,19,22-24H,1-2H3,(H,25,26,27)(H,28,29,30). The van der Waals surface area contributed by atoms with Gasteiger partial charge < -0.3 is 16.0 Å². The fourth-order valence-corrected chi connectivity index (χ4v) is 4.51. The van der Waals surface area contributed by atoms with E-state index in [4.69, 9.17) is 0 Å². The molecular weight excluding hydrogens is 456 g/mol. The molecule has 168 valence electrons. The van der Waals surface area contributed by atoms with Gasteiger partial charge in [-0.2, -0.15) is 22.1 Å². The van der Waals surface area contributed by atoms with E-state index in [2.05, 4.69) is 22.0 Å². The molecule has 12 heteroatoms. The van der Waals surface area contributed by atoms with Gasteiger partial charge in [0.05, 0.1) is 16.9 Å². The second-order valence-electron chi connectivity index (χ2n) is 6.96. The zero-order valence-corrected chi connectivity index (χ0v) is 18.6. The molecule has 1 aliphatic rings. The first-order valence-corrected chi connectivity index (χ1v) is 12.1. The Hall–Kier alpha value is -3.37. The van der Waals surface area contributed by atoms with Gasteiger partial charge in [-0.15, -0.1) is 0 Å². The van der Waals surface area contributed by atoms with Crippen LogP contribution in [0.15, 0.2) is 80.9 Å². The quantitative estimate of drug-likeness (QED) is 0.391. The molecule has 5 N–H and O–H groups in total. The van der Waals surface area contributed by atoms with Gasteiger partial charge in [-0.1, -0.05) is 24.3 Å². The SMILES string of the molecule is CC1=C(C)C(Nc2ccccc2S(=O)(=O)O)NC(Nc2ccccc2S(=O)(=O)O)=C1C#N. The molecule has 0 aliphatic carbocycles. The highest BCUT2D eigenvalue weighted by Crippen LogP contribution is 2.30. The number of benzene rings is 2. The summed E-state index contributed by atoms with van der Waals surface area (Å²) in [5, 5.41) is 18.5. The lowest BCUT2D eigenvalue weighted by Gasteiger charge is -2.32. The third-order valence-electron chi connectivity index (χ3n) is 4.94. The van der Waals surface area contributed by atoms with Crippen LogP contribution in [0.2, 0.25) is 0 Å². The molecule has 2 aromatic rings. The van der Waals surface area contributed by atoms with Crippen LogP contribution in [0, 0.1) is 11.3 Å². The van der Waals surface area contributed by atoms with Crippen molar-refractivity contribution in [2.45, 2.75) is 29.8 Å². The normalized spacial score (nSPS) is 16.9. The monoisotopic (exact) mass is 476 g/mol. The van der Waals surface area contributed by atoms with E-state index in [9.17, 15) is 31.2 Å². The van der Waals surface area contributed by atoms with Crippen LogP contribution < -0.4 is 16.0 Å². The Labute approximate surface area is 185 Å². The number of dihydropyridines is 1. The summed E-state index contributed by atoms with van der Waals surface area (Å²) in [4.78, 5) is -0.703. The maximum atomic E-state index is 11.7. The molecule has 0 aromatic heterocycles. The summed E-state index contributed by atoms with van der Waals surface area (Å²) in [7, 11) is -9.03. The number of hydrogen-bond donors (Lipinski definition) is 5. The molecule has 10 nitrogen and oxygen atoms in total. The molecule has 0 saturated carbocycles. The number of hydrogen-bond acceptors (Lipinski definition) is 8. The summed E-state index contributed by atoms with van der Waals surface area (Å²) in [5.41, 5.74) is 1.60. The number of para-hydroxylation sites is 2. The molecule has 0 fully saturated rings. The van der Waals surface area contributed by atoms with Crippen LogP contribution in [0.4, 0.5) is 11.4 Å². The summed E-state index contributed by atoms with van der Waals surface area (Å²) in [6.45, 7) is 3.42. The minimum Gasteiger partial charge on any atom is -0.361 e. The van der Waals surface area contributed by atoms with Gasteiger partial charge in [0.1, 0.15) is 27.8 Å². The molecule has 2 aromatic carbocycles. The fraction of sp³-hybridized carbons (Fsp3) is 0.150. The van der Waals surface area contributed by atoms with Crippen LogP contribution in [-0.2, 0) is 20.2 Å². The molecule has 1 unspecified atom stereocenters. The van der Waals surface area contributed by atoms with E-state index in [-0.39, 0.29) is 32.6 Å². The zero-order chi connectivity index (χ0) is 23.7. The fourth-order valence-electron chi connectivity index (χ4n) is 3.20. The Morgan fingerprint density at radius 1 is 0.906 bits per heavy atom. The maximum absolute atomic E-state index is 11.7. The lowest BCUT2D eigenvalue weighted by molar-refractivity contribution is 0.481.